The molecule has 0 aliphatic heterocycles. The van der Waals surface area contributed by atoms with Crippen LogP contribution in [0.15, 0.2) is 89.0 Å². The molecule has 0 aliphatic carbocycles. The predicted octanol–water partition coefficient (Wildman–Crippen LogP) is -1.74. The van der Waals surface area contributed by atoms with Gasteiger partial charge in [0.15, 0.2) is 11.9 Å². The number of hydrogen-bond acceptors (Lipinski definition) is 12. The molecule has 6 atom stereocenters. The maximum atomic E-state index is 14.7. The zero-order valence-corrected chi connectivity index (χ0v) is 40.8. The minimum absolute atomic E-state index is 0.0460. The molecule has 3 aromatic carbocycles. The van der Waals surface area contributed by atoms with Crippen molar-refractivity contribution in [3.8, 4) is 11.5 Å². The van der Waals surface area contributed by atoms with E-state index in [1.807, 2.05) is 24.3 Å². The van der Waals surface area contributed by atoms with Crippen molar-refractivity contribution in [2.45, 2.75) is 107 Å². The minimum Gasteiger partial charge on any atom is -0.508 e. The molecular weight excluding hydrogens is 943 g/mol. The van der Waals surface area contributed by atoms with Crippen LogP contribution in [0, 0.1) is 0 Å². The van der Waals surface area contributed by atoms with Gasteiger partial charge in [0.2, 0.25) is 41.4 Å². The third-order valence-electron chi connectivity index (χ3n) is 11.6. The second-order valence-electron chi connectivity index (χ2n) is 17.4. The van der Waals surface area contributed by atoms with Crippen molar-refractivity contribution in [3.63, 3.8) is 0 Å². The lowest BCUT2D eigenvalue weighted by atomic mass is 10.0. The SMILES string of the molecule is CC(=O)N[C@@H](CCCN=C(N)N)C(=O)N[C@@H](Cc1ccc(O)cc1)C(=O)N[C@@H](Cc1ccc(O)cc1)C(=O)N[C@@H](CCCN=C(N)N)C(=O)N[C@H](Cc1c[nH]c2ccccc12)C(=O)N[C@@H](CCCCN)C(N)=O. The summed E-state index contributed by atoms with van der Waals surface area (Å²) in [4.78, 5) is 108. The lowest BCUT2D eigenvalue weighted by Crippen LogP contribution is -2.60. The normalized spacial score (nSPS) is 13.4. The first kappa shape index (κ1) is 57.2. The fourth-order valence-electron chi connectivity index (χ4n) is 7.81. The summed E-state index contributed by atoms with van der Waals surface area (Å²) < 4.78 is 0. The average Bonchev–Trinajstić information content (AvgIpc) is 3.75. The highest BCUT2D eigenvalue weighted by Crippen LogP contribution is 2.20. The van der Waals surface area contributed by atoms with Crippen molar-refractivity contribution >= 4 is 64.2 Å². The zero-order chi connectivity index (χ0) is 53.5. The Hall–Kier alpha value is -8.41. The van der Waals surface area contributed by atoms with E-state index in [1.54, 1.807) is 6.20 Å². The Kier molecular flexibility index (Phi) is 22.8. The highest BCUT2D eigenvalue weighted by molar-refractivity contribution is 5.97. The quantitative estimate of drug-likeness (QED) is 0.0157. The van der Waals surface area contributed by atoms with Crippen LogP contribution in [-0.4, -0.2) is 124 Å². The van der Waals surface area contributed by atoms with Crippen LogP contribution < -0.4 is 66.3 Å². The number of nitrogens with one attached hydrogen (secondary N) is 7. The van der Waals surface area contributed by atoms with Gasteiger partial charge in [-0.3, -0.25) is 43.5 Å². The largest absolute Gasteiger partial charge is 0.508 e. The van der Waals surface area contributed by atoms with Crippen molar-refractivity contribution in [3.05, 3.63) is 95.7 Å². The fraction of sp³-hybridized carbons (Fsp3) is 0.408. The lowest BCUT2D eigenvalue weighted by Gasteiger charge is -2.28. The molecule has 0 saturated carbocycles. The van der Waals surface area contributed by atoms with E-state index in [-0.39, 0.29) is 87.9 Å². The molecule has 1 aromatic heterocycles. The number of guanidine groups is 2. The second-order valence-corrected chi connectivity index (χ2v) is 17.4. The molecule has 4 rings (SSSR count). The molecule has 394 valence electrons. The summed E-state index contributed by atoms with van der Waals surface area (Å²) in [5.74, 6) is -5.79. The number of phenolic OH excluding ortho intramolecular Hbond substituents is 2. The van der Waals surface area contributed by atoms with E-state index in [0.29, 0.717) is 36.1 Å². The summed E-state index contributed by atoms with van der Waals surface area (Å²) in [5.41, 5.74) is 35.8. The van der Waals surface area contributed by atoms with Crippen LogP contribution in [0.2, 0.25) is 0 Å². The maximum absolute atomic E-state index is 14.7. The number of unbranched alkanes of at least 4 members (excludes halogenated alkanes) is 1. The highest BCUT2D eigenvalue weighted by atomic mass is 16.3. The first-order chi connectivity index (χ1) is 34.8. The third kappa shape index (κ3) is 19.7. The highest BCUT2D eigenvalue weighted by Gasteiger charge is 2.34. The van der Waals surface area contributed by atoms with Crippen molar-refractivity contribution in [2.75, 3.05) is 19.6 Å². The summed E-state index contributed by atoms with van der Waals surface area (Å²) >= 11 is 0. The number of primary amides is 1. The van der Waals surface area contributed by atoms with Crippen LogP contribution in [-0.2, 0) is 52.8 Å². The number of aromatic amines is 1. The number of nitrogens with two attached hydrogens (primary N) is 6. The number of hydrogen-bond donors (Lipinski definition) is 15. The van der Waals surface area contributed by atoms with Crippen LogP contribution in [0.5, 0.6) is 11.5 Å². The Morgan fingerprint density at radius 3 is 1.38 bits per heavy atom. The Bertz CT molecular complexity index is 2540. The molecule has 24 heteroatoms. The van der Waals surface area contributed by atoms with Crippen LogP contribution in [0.25, 0.3) is 10.9 Å². The number of phenols is 2. The molecule has 0 fully saturated rings. The Morgan fingerprint density at radius 1 is 0.521 bits per heavy atom. The van der Waals surface area contributed by atoms with E-state index in [2.05, 4.69) is 46.9 Å². The van der Waals surface area contributed by atoms with Gasteiger partial charge in [-0.2, -0.15) is 0 Å². The molecule has 0 bridgehead atoms. The number of nitrogens with zero attached hydrogens (tertiary/aromatic N) is 2. The molecule has 21 N–H and O–H groups in total. The molecule has 0 radical (unpaired) electrons. The molecule has 24 nitrogen and oxygen atoms in total. The van der Waals surface area contributed by atoms with Crippen LogP contribution in [0.1, 0.15) is 68.6 Å². The van der Waals surface area contributed by atoms with Gasteiger partial charge >= 0.3 is 0 Å². The van der Waals surface area contributed by atoms with Gasteiger partial charge in [-0.1, -0.05) is 42.5 Å². The fourth-order valence-corrected chi connectivity index (χ4v) is 7.81. The monoisotopic (exact) mass is 1010 g/mol. The first-order valence-electron chi connectivity index (χ1n) is 23.8. The molecule has 73 heavy (non-hydrogen) atoms. The molecule has 7 amide bonds. The van der Waals surface area contributed by atoms with Crippen LogP contribution in [0.4, 0.5) is 0 Å². The Balaban J connectivity index is 1.70. The zero-order valence-electron chi connectivity index (χ0n) is 40.8. The van der Waals surface area contributed by atoms with E-state index < -0.39 is 77.6 Å². The Labute approximate surface area is 422 Å². The van der Waals surface area contributed by atoms with Crippen molar-refractivity contribution in [1.29, 1.82) is 0 Å². The number of aromatic nitrogens is 1. The smallest absolute Gasteiger partial charge is 0.243 e. The first-order valence-corrected chi connectivity index (χ1v) is 23.8. The molecular formula is C49H69N15O9. The number of para-hydroxylation sites is 1. The van der Waals surface area contributed by atoms with Gasteiger partial charge in [0, 0.05) is 56.4 Å². The van der Waals surface area contributed by atoms with E-state index in [1.165, 1.54) is 55.5 Å². The molecule has 0 unspecified atom stereocenters. The lowest BCUT2D eigenvalue weighted by molar-refractivity contribution is -0.135. The number of carbonyl (C=O) groups excluding carboxylic acids is 7. The number of aromatic hydroxyl groups is 2. The van der Waals surface area contributed by atoms with E-state index in [9.17, 15) is 43.8 Å². The number of H-pyrrole nitrogens is 1. The van der Waals surface area contributed by atoms with Gasteiger partial charge in [0.25, 0.3) is 0 Å². The van der Waals surface area contributed by atoms with Crippen molar-refractivity contribution in [2.24, 2.45) is 44.4 Å². The summed E-state index contributed by atoms with van der Waals surface area (Å²) in [6.45, 7) is 1.77. The van der Waals surface area contributed by atoms with Crippen LogP contribution in [0.3, 0.4) is 0 Å². The molecule has 0 spiro atoms. The molecule has 0 saturated heterocycles. The van der Waals surface area contributed by atoms with E-state index in [0.717, 1.165) is 10.9 Å². The van der Waals surface area contributed by atoms with Crippen molar-refractivity contribution in [1.82, 2.24) is 36.9 Å². The minimum atomic E-state index is -1.45. The summed E-state index contributed by atoms with van der Waals surface area (Å²) in [7, 11) is 0. The number of benzene rings is 3. The number of amides is 7. The van der Waals surface area contributed by atoms with E-state index in [4.69, 9.17) is 34.4 Å². The molecule has 1 heterocycles. The summed E-state index contributed by atoms with van der Waals surface area (Å²) in [6.07, 6.45) is 2.98. The number of aliphatic imine (C=N–C) groups is 2. The summed E-state index contributed by atoms with van der Waals surface area (Å²) in [6, 6.07) is 11.3. The van der Waals surface area contributed by atoms with E-state index >= 15 is 0 Å². The second kappa shape index (κ2) is 29.1. The predicted molar refractivity (Wildman–Crippen MR) is 275 cm³/mol. The third-order valence-corrected chi connectivity index (χ3v) is 11.6. The molecule has 0 aliphatic rings. The number of rotatable bonds is 30. The van der Waals surface area contributed by atoms with Gasteiger partial charge in [0.1, 0.15) is 47.8 Å². The summed E-state index contributed by atoms with van der Waals surface area (Å²) in [5, 5.41) is 37.0. The standard InChI is InChI=1S/C49H69N15O9/c1-28(65)59-37(11-6-22-56-48(52)53)43(69)62-40(25-30-15-19-33(67)20-16-30)46(72)63-39(24-29-13-17-32(66)18-14-29)45(71)61-38(12-7-23-57-49(54)55)44(70)64-41(26-31-27-58-35-9-3-2-8-34(31)35)47(73)60-36(42(51)68)10-4-5-21-50/h2-3,8-9,13-20,27,36-41,58,66-67H,4-7,10-12,21-26,50H2,1H3,(H2,51,68)(H,59,65)(H,60,73)(H,61,71)(H,62,69)(H,63,72)(H,64,70)(H4,52,53,56)(H4,54,55,57)/t36-,37-,38-,39-,40-,41+/m0/s1. The maximum Gasteiger partial charge on any atom is 0.243 e. The van der Waals surface area contributed by atoms with Gasteiger partial charge < -0.3 is 81.5 Å². The average molecular weight is 1010 g/mol. The number of fused-ring (bicyclic) bond motifs is 1. The van der Waals surface area contributed by atoms with Gasteiger partial charge in [-0.25, -0.2) is 0 Å². The molecule has 4 aromatic rings. The van der Waals surface area contributed by atoms with Crippen molar-refractivity contribution < 1.29 is 43.8 Å². The van der Waals surface area contributed by atoms with Gasteiger partial charge in [0.05, 0.1) is 0 Å². The number of carbonyl (C=O) groups is 7. The van der Waals surface area contributed by atoms with Gasteiger partial charge in [-0.05, 0) is 98.5 Å². The Morgan fingerprint density at radius 2 is 0.932 bits per heavy atom. The van der Waals surface area contributed by atoms with Gasteiger partial charge in [-0.15, -0.1) is 0 Å². The topological polar surface area (TPSA) is 429 Å². The van der Waals surface area contributed by atoms with Crippen LogP contribution >= 0.6 is 0 Å².